The molecule has 1 amide bonds. The number of H-pyrrole nitrogens is 1. The maximum absolute atomic E-state index is 12.8. The SMILES string of the molecule is CC(C)c1cc(CN(C)C(=O)c2ccc(C[C@@H]3CC[C@H](C(O)c4ccccc4)N3)cc2)n[nH]1. The molecule has 4 rings (SSSR count). The Hall–Kier alpha value is -2.96. The van der Waals surface area contributed by atoms with Crippen LogP contribution in [0.25, 0.3) is 0 Å². The van der Waals surface area contributed by atoms with Gasteiger partial charge in [-0.05, 0) is 54.5 Å². The smallest absolute Gasteiger partial charge is 0.253 e. The lowest BCUT2D eigenvalue weighted by Crippen LogP contribution is -2.35. The van der Waals surface area contributed by atoms with E-state index in [1.165, 1.54) is 5.56 Å². The normalized spacial score (nSPS) is 19.1. The molecule has 3 atom stereocenters. The maximum Gasteiger partial charge on any atom is 0.253 e. The average Bonchev–Trinajstić information content (AvgIpc) is 3.49. The Bertz CT molecular complexity index is 1050. The quantitative estimate of drug-likeness (QED) is 0.484. The van der Waals surface area contributed by atoms with Gasteiger partial charge in [-0.2, -0.15) is 5.10 Å². The molecule has 0 saturated carbocycles. The number of hydrogen-bond acceptors (Lipinski definition) is 4. The van der Waals surface area contributed by atoms with Gasteiger partial charge in [0.25, 0.3) is 5.91 Å². The molecule has 1 aliphatic heterocycles. The highest BCUT2D eigenvalue weighted by atomic mass is 16.3. The monoisotopic (exact) mass is 446 g/mol. The molecular weight excluding hydrogens is 412 g/mol. The first-order chi connectivity index (χ1) is 15.9. The molecule has 0 radical (unpaired) electrons. The van der Waals surface area contributed by atoms with E-state index in [2.05, 4.69) is 29.4 Å². The van der Waals surface area contributed by atoms with Gasteiger partial charge in [-0.15, -0.1) is 0 Å². The van der Waals surface area contributed by atoms with Crippen LogP contribution in [0.2, 0.25) is 0 Å². The number of nitrogens with zero attached hydrogens (tertiary/aromatic N) is 2. The number of carbonyl (C=O) groups is 1. The highest BCUT2D eigenvalue weighted by molar-refractivity contribution is 5.94. The van der Waals surface area contributed by atoms with Crippen LogP contribution in [0.3, 0.4) is 0 Å². The third kappa shape index (κ3) is 5.70. The summed E-state index contributed by atoms with van der Waals surface area (Å²) in [6.07, 6.45) is 2.37. The van der Waals surface area contributed by atoms with Crippen LogP contribution in [0, 0.1) is 0 Å². The topological polar surface area (TPSA) is 81.2 Å². The molecule has 2 aromatic carbocycles. The number of benzene rings is 2. The summed E-state index contributed by atoms with van der Waals surface area (Å²) in [4.78, 5) is 14.5. The fraction of sp³-hybridized carbons (Fsp3) is 0.407. The molecule has 1 saturated heterocycles. The van der Waals surface area contributed by atoms with Crippen molar-refractivity contribution in [3.8, 4) is 0 Å². The second-order valence-corrected chi connectivity index (χ2v) is 9.43. The average molecular weight is 447 g/mol. The van der Waals surface area contributed by atoms with Crippen LogP contribution >= 0.6 is 0 Å². The molecule has 1 unspecified atom stereocenters. The van der Waals surface area contributed by atoms with Gasteiger partial charge < -0.3 is 15.3 Å². The van der Waals surface area contributed by atoms with Crippen molar-refractivity contribution in [1.82, 2.24) is 20.4 Å². The summed E-state index contributed by atoms with van der Waals surface area (Å²) >= 11 is 0. The minimum atomic E-state index is -0.488. The van der Waals surface area contributed by atoms with Crippen molar-refractivity contribution >= 4 is 5.91 Å². The summed E-state index contributed by atoms with van der Waals surface area (Å²) in [5.41, 5.74) is 4.77. The van der Waals surface area contributed by atoms with Crippen LogP contribution in [0.1, 0.15) is 71.6 Å². The van der Waals surface area contributed by atoms with Crippen LogP contribution in [-0.4, -0.2) is 45.2 Å². The number of aliphatic hydroxyl groups is 1. The summed E-state index contributed by atoms with van der Waals surface area (Å²) in [7, 11) is 1.81. The van der Waals surface area contributed by atoms with E-state index in [1.807, 2.05) is 60.7 Å². The Labute approximate surface area is 196 Å². The fourth-order valence-corrected chi connectivity index (χ4v) is 4.50. The van der Waals surface area contributed by atoms with Gasteiger partial charge in [0, 0.05) is 30.4 Å². The van der Waals surface area contributed by atoms with Gasteiger partial charge in [0.1, 0.15) is 0 Å². The van der Waals surface area contributed by atoms with Gasteiger partial charge in [-0.3, -0.25) is 9.89 Å². The van der Waals surface area contributed by atoms with Gasteiger partial charge in [0.2, 0.25) is 0 Å². The molecule has 0 spiro atoms. The summed E-state index contributed by atoms with van der Waals surface area (Å²) < 4.78 is 0. The number of aromatic nitrogens is 2. The molecule has 1 aliphatic rings. The standard InChI is InChI=1S/C27H34N4O2/c1-18(2)25-16-23(29-30-25)17-31(3)27(33)21-11-9-19(10-12-21)15-22-13-14-24(28-22)26(32)20-7-5-4-6-8-20/h4-12,16,18,22,24,26,28,32H,13-15,17H2,1-3H3,(H,29,30)/t22-,24+,26?/m0/s1. The number of aliphatic hydroxyl groups excluding tert-OH is 1. The molecular formula is C27H34N4O2. The molecule has 0 aliphatic carbocycles. The second-order valence-electron chi connectivity index (χ2n) is 9.43. The zero-order valence-corrected chi connectivity index (χ0v) is 19.7. The van der Waals surface area contributed by atoms with Crippen molar-refractivity contribution in [2.24, 2.45) is 0 Å². The number of nitrogens with one attached hydrogen (secondary N) is 2. The van der Waals surface area contributed by atoms with Gasteiger partial charge in [-0.1, -0.05) is 56.3 Å². The first-order valence-electron chi connectivity index (χ1n) is 11.8. The first-order valence-corrected chi connectivity index (χ1v) is 11.8. The molecule has 2 heterocycles. The molecule has 33 heavy (non-hydrogen) atoms. The lowest BCUT2D eigenvalue weighted by molar-refractivity contribution is 0.0783. The number of aromatic amines is 1. The number of rotatable bonds is 8. The fourth-order valence-electron chi connectivity index (χ4n) is 4.50. The predicted octanol–water partition coefficient (Wildman–Crippen LogP) is 4.20. The van der Waals surface area contributed by atoms with E-state index >= 15 is 0 Å². The van der Waals surface area contributed by atoms with E-state index in [4.69, 9.17) is 0 Å². The van der Waals surface area contributed by atoms with Gasteiger partial charge >= 0.3 is 0 Å². The van der Waals surface area contributed by atoms with Crippen molar-refractivity contribution < 1.29 is 9.90 Å². The Morgan fingerprint density at radius 2 is 1.85 bits per heavy atom. The van der Waals surface area contributed by atoms with E-state index in [1.54, 1.807) is 11.9 Å². The minimum Gasteiger partial charge on any atom is -0.387 e. The third-order valence-electron chi connectivity index (χ3n) is 6.50. The molecule has 6 nitrogen and oxygen atoms in total. The van der Waals surface area contributed by atoms with Crippen LogP contribution in [0.4, 0.5) is 0 Å². The predicted molar refractivity (Wildman–Crippen MR) is 130 cm³/mol. The molecule has 1 fully saturated rings. The number of hydrogen-bond donors (Lipinski definition) is 3. The van der Waals surface area contributed by atoms with Gasteiger partial charge in [-0.25, -0.2) is 0 Å². The van der Waals surface area contributed by atoms with Crippen LogP contribution < -0.4 is 5.32 Å². The van der Waals surface area contributed by atoms with E-state index < -0.39 is 6.10 Å². The lowest BCUT2D eigenvalue weighted by atomic mass is 10.0. The number of amides is 1. The zero-order chi connectivity index (χ0) is 23.4. The van der Waals surface area contributed by atoms with E-state index in [0.717, 1.165) is 36.2 Å². The molecule has 6 heteroatoms. The van der Waals surface area contributed by atoms with E-state index in [9.17, 15) is 9.90 Å². The lowest BCUT2D eigenvalue weighted by Gasteiger charge is -2.20. The van der Waals surface area contributed by atoms with Gasteiger partial charge in [0.15, 0.2) is 0 Å². The Morgan fingerprint density at radius 3 is 2.52 bits per heavy atom. The van der Waals surface area contributed by atoms with Crippen molar-refractivity contribution in [3.05, 3.63) is 88.7 Å². The Balaban J connectivity index is 1.30. The zero-order valence-electron chi connectivity index (χ0n) is 19.7. The summed E-state index contributed by atoms with van der Waals surface area (Å²) in [6, 6.07) is 20.1. The molecule has 3 aromatic rings. The van der Waals surface area contributed by atoms with Crippen molar-refractivity contribution in [2.45, 2.75) is 63.8 Å². The molecule has 174 valence electrons. The Kier molecular flexibility index (Phi) is 7.26. The third-order valence-corrected chi connectivity index (χ3v) is 6.50. The summed E-state index contributed by atoms with van der Waals surface area (Å²) in [5, 5.41) is 21.6. The maximum atomic E-state index is 12.8. The van der Waals surface area contributed by atoms with Crippen molar-refractivity contribution in [1.29, 1.82) is 0 Å². The second kappa shape index (κ2) is 10.3. The first kappa shape index (κ1) is 23.2. The molecule has 3 N–H and O–H groups in total. The van der Waals surface area contributed by atoms with Crippen molar-refractivity contribution in [3.63, 3.8) is 0 Å². The number of carbonyl (C=O) groups excluding carboxylic acids is 1. The van der Waals surface area contributed by atoms with E-state index in [0.29, 0.717) is 24.1 Å². The van der Waals surface area contributed by atoms with Crippen LogP contribution in [-0.2, 0) is 13.0 Å². The molecule has 1 aromatic heterocycles. The summed E-state index contributed by atoms with van der Waals surface area (Å²) in [6.45, 7) is 4.70. The molecule has 0 bridgehead atoms. The highest BCUT2D eigenvalue weighted by Crippen LogP contribution is 2.26. The Morgan fingerprint density at radius 1 is 1.12 bits per heavy atom. The largest absolute Gasteiger partial charge is 0.387 e. The van der Waals surface area contributed by atoms with Crippen molar-refractivity contribution in [2.75, 3.05) is 7.05 Å². The minimum absolute atomic E-state index is 0.0133. The van der Waals surface area contributed by atoms with E-state index in [-0.39, 0.29) is 11.9 Å². The van der Waals surface area contributed by atoms with Crippen LogP contribution in [0.15, 0.2) is 60.7 Å². The van der Waals surface area contributed by atoms with Gasteiger partial charge in [0.05, 0.1) is 18.3 Å². The van der Waals surface area contributed by atoms with Crippen LogP contribution in [0.5, 0.6) is 0 Å². The highest BCUT2D eigenvalue weighted by Gasteiger charge is 2.29. The summed E-state index contributed by atoms with van der Waals surface area (Å²) in [5.74, 6) is 0.367.